The molecule has 32 heavy (non-hydrogen) atoms. The number of hydrogen-bond donors (Lipinski definition) is 1. The fraction of sp³-hybridized carbons (Fsp3) is 0.190. The zero-order chi connectivity index (χ0) is 22.8. The van der Waals surface area contributed by atoms with E-state index in [-0.39, 0.29) is 5.69 Å². The maximum absolute atomic E-state index is 12.8. The van der Waals surface area contributed by atoms with Gasteiger partial charge in [-0.3, -0.25) is 10.1 Å². The van der Waals surface area contributed by atoms with Crippen molar-refractivity contribution in [3.05, 3.63) is 69.0 Å². The first-order valence-corrected chi connectivity index (χ1v) is 11.2. The molecule has 0 saturated heterocycles. The van der Waals surface area contributed by atoms with E-state index in [0.29, 0.717) is 45.1 Å². The molecule has 1 amide bonds. The van der Waals surface area contributed by atoms with Crippen LogP contribution in [0.2, 0.25) is 10.0 Å². The Bertz CT molecular complexity index is 1330. The third-order valence-corrected chi connectivity index (χ3v) is 6.31. The molecule has 0 spiro atoms. The Morgan fingerprint density at radius 3 is 2.72 bits per heavy atom. The van der Waals surface area contributed by atoms with Gasteiger partial charge in [0.2, 0.25) is 0 Å². The van der Waals surface area contributed by atoms with Crippen LogP contribution >= 0.6 is 34.5 Å². The number of fused-ring (bicyclic) bond motifs is 1. The van der Waals surface area contributed by atoms with Crippen molar-refractivity contribution < 1.29 is 14.3 Å². The van der Waals surface area contributed by atoms with Gasteiger partial charge in [0, 0.05) is 0 Å². The van der Waals surface area contributed by atoms with Crippen LogP contribution in [0.25, 0.3) is 10.2 Å². The normalized spacial score (nSPS) is 11.0. The van der Waals surface area contributed by atoms with E-state index in [1.54, 1.807) is 48.9 Å². The lowest BCUT2D eigenvalue weighted by Crippen LogP contribution is -2.14. The number of halogens is 2. The highest BCUT2D eigenvalue weighted by atomic mass is 35.5. The van der Waals surface area contributed by atoms with Crippen molar-refractivity contribution in [2.24, 2.45) is 0 Å². The van der Waals surface area contributed by atoms with Gasteiger partial charge in [-0.1, -0.05) is 45.8 Å². The van der Waals surface area contributed by atoms with E-state index in [1.165, 1.54) is 11.3 Å². The molecule has 2 aromatic carbocycles. The summed E-state index contributed by atoms with van der Waals surface area (Å²) in [5.41, 5.74) is 2.76. The summed E-state index contributed by atoms with van der Waals surface area (Å²) in [4.78, 5) is 29.1. The van der Waals surface area contributed by atoms with Gasteiger partial charge < -0.3 is 4.74 Å². The molecule has 0 aliphatic rings. The molecule has 0 atom stereocenters. The van der Waals surface area contributed by atoms with Crippen LogP contribution in [0.1, 0.15) is 39.0 Å². The van der Waals surface area contributed by atoms with Gasteiger partial charge in [-0.15, -0.1) is 5.10 Å². The number of rotatable bonds is 6. The third kappa shape index (κ3) is 4.59. The van der Waals surface area contributed by atoms with Gasteiger partial charge in [-0.2, -0.15) is 0 Å². The lowest BCUT2D eigenvalue weighted by molar-refractivity contribution is 0.0526. The van der Waals surface area contributed by atoms with Crippen LogP contribution in [0.5, 0.6) is 0 Å². The van der Waals surface area contributed by atoms with Crippen LogP contribution in [0.15, 0.2) is 36.4 Å². The molecule has 0 unspecified atom stereocenters. The minimum atomic E-state index is -0.424. The number of nitrogens with one attached hydrogen (secondary N) is 1. The number of hydrogen-bond acceptors (Lipinski definition) is 7. The van der Waals surface area contributed by atoms with Crippen LogP contribution < -0.4 is 5.32 Å². The number of carbonyl (C=O) groups is 2. The molecule has 0 aliphatic carbocycles. The van der Waals surface area contributed by atoms with Crippen molar-refractivity contribution in [3.63, 3.8) is 0 Å². The summed E-state index contributed by atoms with van der Waals surface area (Å²) in [7, 11) is 0. The van der Waals surface area contributed by atoms with Crippen LogP contribution in [0, 0.1) is 6.92 Å². The predicted octanol–water partition coefficient (Wildman–Crippen LogP) is 4.98. The van der Waals surface area contributed by atoms with Crippen molar-refractivity contribution >= 4 is 61.8 Å². The summed E-state index contributed by atoms with van der Waals surface area (Å²) in [5.74, 6) is -0.824. The monoisotopic (exact) mass is 489 g/mol. The molecule has 4 rings (SSSR count). The van der Waals surface area contributed by atoms with Gasteiger partial charge in [0.1, 0.15) is 0 Å². The van der Waals surface area contributed by atoms with E-state index < -0.39 is 11.9 Å². The third-order valence-electron chi connectivity index (χ3n) is 4.63. The lowest BCUT2D eigenvalue weighted by atomic mass is 10.2. The molecular formula is C21H17Cl2N5O3S. The minimum Gasteiger partial charge on any atom is -0.462 e. The summed E-state index contributed by atoms with van der Waals surface area (Å²) in [6.45, 7) is 4.20. The van der Waals surface area contributed by atoms with Crippen molar-refractivity contribution in [1.29, 1.82) is 0 Å². The Labute approximate surface area is 197 Å². The molecule has 0 aliphatic heterocycles. The lowest BCUT2D eigenvalue weighted by Gasteiger charge is -2.05. The molecule has 0 fully saturated rings. The maximum atomic E-state index is 12.8. The number of ether oxygens (including phenoxy) is 1. The molecule has 2 aromatic heterocycles. The maximum Gasteiger partial charge on any atom is 0.338 e. The molecule has 1 N–H and O–H groups in total. The zero-order valence-electron chi connectivity index (χ0n) is 17.1. The van der Waals surface area contributed by atoms with E-state index in [2.05, 4.69) is 20.6 Å². The number of esters is 1. The van der Waals surface area contributed by atoms with E-state index >= 15 is 0 Å². The smallest absolute Gasteiger partial charge is 0.338 e. The van der Waals surface area contributed by atoms with Crippen LogP contribution in [0.3, 0.4) is 0 Å². The summed E-state index contributed by atoms with van der Waals surface area (Å²) in [6.07, 6.45) is 0. The number of aromatic nitrogens is 4. The largest absolute Gasteiger partial charge is 0.462 e. The van der Waals surface area contributed by atoms with E-state index in [1.807, 2.05) is 6.07 Å². The van der Waals surface area contributed by atoms with E-state index in [9.17, 15) is 9.59 Å². The first kappa shape index (κ1) is 22.2. The second-order valence-corrected chi connectivity index (χ2v) is 8.65. The van der Waals surface area contributed by atoms with Crippen molar-refractivity contribution in [1.82, 2.24) is 20.0 Å². The van der Waals surface area contributed by atoms with Crippen molar-refractivity contribution in [2.45, 2.75) is 20.4 Å². The zero-order valence-corrected chi connectivity index (χ0v) is 19.4. The molecule has 4 aromatic rings. The minimum absolute atomic E-state index is 0.191. The average molecular weight is 490 g/mol. The van der Waals surface area contributed by atoms with E-state index in [0.717, 1.165) is 10.3 Å². The van der Waals surface area contributed by atoms with E-state index in [4.69, 9.17) is 27.9 Å². The fourth-order valence-corrected chi connectivity index (χ4v) is 4.23. The molecule has 11 heteroatoms. The molecule has 164 valence electrons. The molecule has 8 nitrogen and oxygen atoms in total. The number of benzene rings is 2. The number of anilines is 1. The Morgan fingerprint density at radius 1 is 1.16 bits per heavy atom. The Kier molecular flexibility index (Phi) is 6.40. The van der Waals surface area contributed by atoms with Crippen molar-refractivity contribution in [3.8, 4) is 0 Å². The van der Waals surface area contributed by atoms with Gasteiger partial charge in [0.05, 0.1) is 44.7 Å². The van der Waals surface area contributed by atoms with Crippen LogP contribution in [-0.4, -0.2) is 38.5 Å². The number of carbonyl (C=O) groups excluding carboxylic acids is 2. The van der Waals surface area contributed by atoms with Gasteiger partial charge in [0.25, 0.3) is 5.91 Å². The Hall–Kier alpha value is -3.01. The molecule has 0 radical (unpaired) electrons. The molecule has 0 bridgehead atoms. The van der Waals surface area contributed by atoms with Gasteiger partial charge in [-0.25, -0.2) is 14.5 Å². The van der Waals surface area contributed by atoms with Gasteiger partial charge >= 0.3 is 5.97 Å². The number of nitrogens with zero attached hydrogens (tertiary/aromatic N) is 4. The Balaban J connectivity index is 1.51. The topological polar surface area (TPSA) is 99.0 Å². The predicted molar refractivity (Wildman–Crippen MR) is 124 cm³/mol. The first-order chi connectivity index (χ1) is 15.4. The second kappa shape index (κ2) is 9.23. The second-order valence-electron chi connectivity index (χ2n) is 6.81. The SMILES string of the molecule is CCOC(=O)c1ccc2nc(NC(=O)c3nnn(Cc4ccc(Cl)c(Cl)c4)c3C)sc2c1. The average Bonchev–Trinajstić information content (AvgIpc) is 3.33. The highest BCUT2D eigenvalue weighted by Gasteiger charge is 2.19. The van der Waals surface area contributed by atoms with Gasteiger partial charge in [-0.05, 0) is 49.7 Å². The Morgan fingerprint density at radius 2 is 1.97 bits per heavy atom. The summed E-state index contributed by atoms with van der Waals surface area (Å²) in [6, 6.07) is 10.3. The molecule has 2 heterocycles. The number of thiazole rings is 1. The summed E-state index contributed by atoms with van der Waals surface area (Å²) < 4.78 is 7.39. The van der Waals surface area contributed by atoms with Gasteiger partial charge in [0.15, 0.2) is 10.8 Å². The van der Waals surface area contributed by atoms with Crippen molar-refractivity contribution in [2.75, 3.05) is 11.9 Å². The molecule has 0 saturated carbocycles. The van der Waals surface area contributed by atoms with Crippen LogP contribution in [-0.2, 0) is 11.3 Å². The highest BCUT2D eigenvalue weighted by molar-refractivity contribution is 7.22. The summed E-state index contributed by atoms with van der Waals surface area (Å²) >= 11 is 13.3. The highest BCUT2D eigenvalue weighted by Crippen LogP contribution is 2.28. The standard InChI is InChI=1S/C21H17Cl2N5O3S/c1-3-31-20(30)13-5-7-16-17(9-13)32-21(24-16)25-19(29)18-11(2)28(27-26-18)10-12-4-6-14(22)15(23)8-12/h4-9H,3,10H2,1-2H3,(H,24,25,29). The fourth-order valence-electron chi connectivity index (χ4n) is 3.01. The number of amides is 1. The molecular weight excluding hydrogens is 473 g/mol. The quantitative estimate of drug-likeness (QED) is 0.383. The van der Waals surface area contributed by atoms with Crippen LogP contribution in [0.4, 0.5) is 5.13 Å². The summed E-state index contributed by atoms with van der Waals surface area (Å²) in [5, 5.41) is 12.2. The first-order valence-electron chi connectivity index (χ1n) is 9.58.